The Morgan fingerprint density at radius 2 is 2.21 bits per heavy atom. The molecule has 76 valence electrons. The molecule has 1 aromatic rings. The van der Waals surface area contributed by atoms with Crippen LogP contribution in [0.2, 0.25) is 0 Å². The summed E-state index contributed by atoms with van der Waals surface area (Å²) in [5.41, 5.74) is 1.39. The third kappa shape index (κ3) is 2.34. The summed E-state index contributed by atoms with van der Waals surface area (Å²) in [6, 6.07) is 10.6. The second kappa shape index (κ2) is 4.58. The largest absolute Gasteiger partial charge is 0.362 e. The van der Waals surface area contributed by atoms with E-state index in [2.05, 4.69) is 42.6 Å². The monoisotopic (exact) mass is 191 g/mol. The van der Waals surface area contributed by atoms with Crippen LogP contribution in [0.1, 0.15) is 12.5 Å². The van der Waals surface area contributed by atoms with E-state index >= 15 is 0 Å². The van der Waals surface area contributed by atoms with E-state index in [-0.39, 0.29) is 6.23 Å². The Kier molecular flexibility index (Phi) is 3.17. The molecule has 0 bridgehead atoms. The van der Waals surface area contributed by atoms with Crippen LogP contribution in [-0.2, 0) is 11.2 Å². The highest BCUT2D eigenvalue weighted by atomic mass is 16.5. The molecule has 14 heavy (non-hydrogen) atoms. The zero-order chi connectivity index (χ0) is 9.80. The zero-order valence-corrected chi connectivity index (χ0v) is 8.57. The van der Waals surface area contributed by atoms with E-state index in [0.717, 1.165) is 19.6 Å². The molecule has 0 saturated carbocycles. The van der Waals surface area contributed by atoms with E-state index in [4.69, 9.17) is 4.74 Å². The lowest BCUT2D eigenvalue weighted by Crippen LogP contribution is -2.31. The first-order valence-corrected chi connectivity index (χ1v) is 5.25. The molecule has 1 fully saturated rings. The second-order valence-electron chi connectivity index (χ2n) is 3.91. The molecule has 0 radical (unpaired) electrons. The molecular formula is C12H17NO. The summed E-state index contributed by atoms with van der Waals surface area (Å²) in [6.45, 7) is 4.07. The number of hydrogen-bond donors (Lipinski definition) is 1. The SMILES string of the molecule is CC(Cc1ccccc1)C1NCCO1. The number of benzene rings is 1. The molecule has 2 nitrogen and oxygen atoms in total. The lowest BCUT2D eigenvalue weighted by molar-refractivity contribution is 0.0586. The fourth-order valence-electron chi connectivity index (χ4n) is 1.90. The van der Waals surface area contributed by atoms with Crippen molar-refractivity contribution in [3.63, 3.8) is 0 Å². The fraction of sp³-hybridized carbons (Fsp3) is 0.500. The van der Waals surface area contributed by atoms with Crippen LogP contribution < -0.4 is 5.32 Å². The van der Waals surface area contributed by atoms with Crippen molar-refractivity contribution < 1.29 is 4.74 Å². The molecule has 2 heteroatoms. The molecule has 1 aliphatic heterocycles. The minimum absolute atomic E-state index is 0.246. The average molecular weight is 191 g/mol. The van der Waals surface area contributed by atoms with Gasteiger partial charge < -0.3 is 4.74 Å². The van der Waals surface area contributed by atoms with Crippen molar-refractivity contribution in [1.29, 1.82) is 0 Å². The van der Waals surface area contributed by atoms with Crippen LogP contribution in [0.5, 0.6) is 0 Å². The average Bonchev–Trinajstić information content (AvgIpc) is 2.72. The normalized spacial score (nSPS) is 23.6. The van der Waals surface area contributed by atoms with Crippen molar-refractivity contribution in [2.45, 2.75) is 19.6 Å². The van der Waals surface area contributed by atoms with E-state index in [0.29, 0.717) is 5.92 Å². The van der Waals surface area contributed by atoms with Crippen molar-refractivity contribution in [3.05, 3.63) is 35.9 Å². The van der Waals surface area contributed by atoms with Gasteiger partial charge in [0.2, 0.25) is 0 Å². The van der Waals surface area contributed by atoms with Crippen LogP contribution in [0.4, 0.5) is 0 Å². The predicted molar refractivity (Wildman–Crippen MR) is 57.1 cm³/mol. The van der Waals surface area contributed by atoms with Crippen molar-refractivity contribution in [3.8, 4) is 0 Å². The second-order valence-corrected chi connectivity index (χ2v) is 3.91. The molecule has 2 rings (SSSR count). The first kappa shape index (κ1) is 9.69. The quantitative estimate of drug-likeness (QED) is 0.786. The van der Waals surface area contributed by atoms with Gasteiger partial charge in [-0.15, -0.1) is 0 Å². The maximum absolute atomic E-state index is 5.58. The molecule has 0 spiro atoms. The summed E-state index contributed by atoms with van der Waals surface area (Å²) in [4.78, 5) is 0. The summed E-state index contributed by atoms with van der Waals surface area (Å²) in [5, 5.41) is 3.35. The number of rotatable bonds is 3. The molecule has 1 heterocycles. The van der Waals surface area contributed by atoms with E-state index in [1.165, 1.54) is 5.56 Å². The van der Waals surface area contributed by atoms with E-state index in [1.807, 2.05) is 0 Å². The van der Waals surface area contributed by atoms with E-state index < -0.39 is 0 Å². The van der Waals surface area contributed by atoms with Gasteiger partial charge in [-0.1, -0.05) is 37.3 Å². The van der Waals surface area contributed by atoms with Crippen molar-refractivity contribution >= 4 is 0 Å². The smallest absolute Gasteiger partial charge is 0.111 e. The Bertz CT molecular complexity index is 267. The molecule has 2 atom stereocenters. The van der Waals surface area contributed by atoms with Gasteiger partial charge in [0.05, 0.1) is 6.61 Å². The van der Waals surface area contributed by atoms with E-state index in [1.54, 1.807) is 0 Å². The van der Waals surface area contributed by atoms with Crippen molar-refractivity contribution in [2.75, 3.05) is 13.2 Å². The van der Waals surface area contributed by atoms with Gasteiger partial charge in [0.1, 0.15) is 6.23 Å². The van der Waals surface area contributed by atoms with Crippen LogP contribution in [0, 0.1) is 5.92 Å². The summed E-state index contributed by atoms with van der Waals surface area (Å²) >= 11 is 0. The minimum atomic E-state index is 0.246. The van der Waals surface area contributed by atoms with Gasteiger partial charge in [0, 0.05) is 6.54 Å². The Morgan fingerprint density at radius 3 is 2.86 bits per heavy atom. The molecule has 0 amide bonds. The molecule has 1 saturated heterocycles. The van der Waals surface area contributed by atoms with Gasteiger partial charge in [-0.3, -0.25) is 5.32 Å². The Labute approximate surface area is 85.3 Å². The highest BCUT2D eigenvalue weighted by molar-refractivity contribution is 5.15. The maximum Gasteiger partial charge on any atom is 0.111 e. The van der Waals surface area contributed by atoms with Gasteiger partial charge >= 0.3 is 0 Å². The molecule has 1 N–H and O–H groups in total. The predicted octanol–water partition coefficient (Wildman–Crippen LogP) is 1.81. The lowest BCUT2D eigenvalue weighted by atomic mass is 10.00. The van der Waals surface area contributed by atoms with Gasteiger partial charge in [0.15, 0.2) is 0 Å². The molecule has 1 aliphatic rings. The van der Waals surface area contributed by atoms with Crippen LogP contribution in [0.3, 0.4) is 0 Å². The first-order chi connectivity index (χ1) is 6.86. The molecular weight excluding hydrogens is 174 g/mol. The van der Waals surface area contributed by atoms with Gasteiger partial charge in [-0.05, 0) is 17.9 Å². The molecule has 0 aromatic heterocycles. The van der Waals surface area contributed by atoms with Gasteiger partial charge in [0.25, 0.3) is 0 Å². The standard InChI is InChI=1S/C12H17NO/c1-10(12-13-7-8-14-12)9-11-5-3-2-4-6-11/h2-6,10,12-13H,7-9H2,1H3. The van der Waals surface area contributed by atoms with Crippen LogP contribution in [0.25, 0.3) is 0 Å². The number of nitrogens with one attached hydrogen (secondary N) is 1. The van der Waals surface area contributed by atoms with Gasteiger partial charge in [-0.2, -0.15) is 0 Å². The van der Waals surface area contributed by atoms with Crippen LogP contribution in [0.15, 0.2) is 30.3 Å². The highest BCUT2D eigenvalue weighted by Crippen LogP contribution is 2.14. The Hall–Kier alpha value is -0.860. The third-order valence-electron chi connectivity index (χ3n) is 2.66. The van der Waals surface area contributed by atoms with Crippen LogP contribution >= 0.6 is 0 Å². The summed E-state index contributed by atoms with van der Waals surface area (Å²) in [7, 11) is 0. The minimum Gasteiger partial charge on any atom is -0.362 e. The molecule has 2 unspecified atom stereocenters. The topological polar surface area (TPSA) is 21.3 Å². The maximum atomic E-state index is 5.58. The Balaban J connectivity index is 1.90. The van der Waals surface area contributed by atoms with Crippen molar-refractivity contribution in [2.24, 2.45) is 5.92 Å². The number of hydrogen-bond acceptors (Lipinski definition) is 2. The van der Waals surface area contributed by atoms with Crippen LogP contribution in [-0.4, -0.2) is 19.4 Å². The molecule has 0 aliphatic carbocycles. The van der Waals surface area contributed by atoms with Crippen molar-refractivity contribution in [1.82, 2.24) is 5.32 Å². The number of ether oxygens (including phenoxy) is 1. The molecule has 1 aromatic carbocycles. The third-order valence-corrected chi connectivity index (χ3v) is 2.66. The summed E-state index contributed by atoms with van der Waals surface area (Å²) in [5.74, 6) is 0.542. The van der Waals surface area contributed by atoms with E-state index in [9.17, 15) is 0 Å². The highest BCUT2D eigenvalue weighted by Gasteiger charge is 2.21. The lowest BCUT2D eigenvalue weighted by Gasteiger charge is -2.18. The summed E-state index contributed by atoms with van der Waals surface area (Å²) in [6.07, 6.45) is 1.33. The zero-order valence-electron chi connectivity index (χ0n) is 8.57. The fourth-order valence-corrected chi connectivity index (χ4v) is 1.90. The van der Waals surface area contributed by atoms with Gasteiger partial charge in [-0.25, -0.2) is 0 Å². The Morgan fingerprint density at radius 1 is 1.43 bits per heavy atom. The summed E-state index contributed by atoms with van der Waals surface area (Å²) < 4.78 is 5.58. The first-order valence-electron chi connectivity index (χ1n) is 5.25.